The summed E-state index contributed by atoms with van der Waals surface area (Å²) in [4.78, 5) is 9.51. The first kappa shape index (κ1) is 21.8. The molecule has 1 saturated heterocycles. The summed E-state index contributed by atoms with van der Waals surface area (Å²) in [5.74, 6) is 3.04. The summed E-state index contributed by atoms with van der Waals surface area (Å²) in [6.45, 7) is 5.74. The summed E-state index contributed by atoms with van der Waals surface area (Å²) in [6, 6.07) is 10.8. The van der Waals surface area contributed by atoms with E-state index in [1.807, 2.05) is 4.68 Å². The molecule has 8 nitrogen and oxygen atoms in total. The zero-order valence-corrected chi connectivity index (χ0v) is 18.6. The number of nitrogens with zero attached hydrogens (tertiary/aromatic N) is 4. The second-order valence-corrected chi connectivity index (χ2v) is 8.26. The lowest BCUT2D eigenvalue weighted by atomic mass is 9.89. The van der Waals surface area contributed by atoms with E-state index in [1.165, 1.54) is 5.56 Å². The van der Waals surface area contributed by atoms with Crippen LogP contribution in [-0.2, 0) is 29.0 Å². The number of aliphatic imine (C=N–C) groups is 1. The number of benzene rings is 1. The van der Waals surface area contributed by atoms with Crippen LogP contribution in [0.4, 0.5) is 0 Å². The largest absolute Gasteiger partial charge is 0.377 e. The highest BCUT2D eigenvalue weighted by Gasteiger charge is 2.28. The number of hydrogen-bond acceptors (Lipinski definition) is 5. The molecule has 2 aliphatic rings. The molecule has 1 aromatic heterocycles. The molecule has 1 aromatic carbocycles. The van der Waals surface area contributed by atoms with Gasteiger partial charge in [-0.1, -0.05) is 30.3 Å². The lowest BCUT2D eigenvalue weighted by Gasteiger charge is -2.31. The molecular weight excluding hydrogens is 392 g/mol. The van der Waals surface area contributed by atoms with Crippen molar-refractivity contribution in [1.29, 1.82) is 0 Å². The Morgan fingerprint density at radius 1 is 1.29 bits per heavy atom. The number of hydrogen-bond donors (Lipinski definition) is 2. The van der Waals surface area contributed by atoms with Crippen LogP contribution in [-0.4, -0.2) is 53.6 Å². The van der Waals surface area contributed by atoms with Gasteiger partial charge >= 0.3 is 0 Å². The average Bonchev–Trinajstić information content (AvgIpc) is 3.20. The third-order valence-corrected chi connectivity index (χ3v) is 5.92. The number of nitrogens with one attached hydrogen (secondary N) is 2. The van der Waals surface area contributed by atoms with Gasteiger partial charge in [0.2, 0.25) is 0 Å². The van der Waals surface area contributed by atoms with Crippen molar-refractivity contribution in [2.45, 2.75) is 57.9 Å². The molecule has 3 heterocycles. The van der Waals surface area contributed by atoms with Crippen LogP contribution < -0.4 is 10.6 Å². The van der Waals surface area contributed by atoms with Gasteiger partial charge in [-0.2, -0.15) is 5.10 Å². The summed E-state index contributed by atoms with van der Waals surface area (Å²) >= 11 is 0. The number of ether oxygens (including phenoxy) is 2. The zero-order valence-electron chi connectivity index (χ0n) is 18.6. The molecule has 168 valence electrons. The second-order valence-electron chi connectivity index (χ2n) is 8.26. The van der Waals surface area contributed by atoms with Gasteiger partial charge in [0.1, 0.15) is 12.4 Å². The molecule has 3 unspecified atom stereocenters. The predicted molar refractivity (Wildman–Crippen MR) is 120 cm³/mol. The van der Waals surface area contributed by atoms with Crippen LogP contribution in [0, 0.1) is 5.92 Å². The van der Waals surface area contributed by atoms with Crippen LogP contribution in [0.25, 0.3) is 0 Å². The molecule has 2 aliphatic heterocycles. The summed E-state index contributed by atoms with van der Waals surface area (Å²) in [7, 11) is 1.67. The van der Waals surface area contributed by atoms with E-state index in [0.29, 0.717) is 12.5 Å². The molecule has 3 atom stereocenters. The number of rotatable bonds is 7. The van der Waals surface area contributed by atoms with Crippen LogP contribution >= 0.6 is 0 Å². The maximum Gasteiger partial charge on any atom is 0.191 e. The summed E-state index contributed by atoms with van der Waals surface area (Å²) in [6.07, 6.45) is 4.26. The van der Waals surface area contributed by atoms with Crippen LogP contribution in [0.2, 0.25) is 0 Å². The minimum atomic E-state index is 0.119. The van der Waals surface area contributed by atoms with E-state index in [2.05, 4.69) is 58.0 Å². The quantitative estimate of drug-likeness (QED) is 0.523. The molecule has 0 amide bonds. The highest BCUT2D eigenvalue weighted by atomic mass is 16.5. The number of guanidine groups is 1. The lowest BCUT2D eigenvalue weighted by Crippen LogP contribution is -2.47. The standard InChI is InChI=1S/C23H34N6O2/c1-3-24-23(26-19-11-12-21-27-20(16-30-2)28-29(21)15-19)25-14-18-10-7-13-31-22(18)17-8-5-4-6-9-17/h4-6,8-9,18-19,22H,3,7,10-16H2,1-2H3,(H2,24,25,26). The Labute approximate surface area is 184 Å². The molecule has 0 radical (unpaired) electrons. The van der Waals surface area contributed by atoms with Crippen LogP contribution in [0.1, 0.15) is 49.5 Å². The van der Waals surface area contributed by atoms with E-state index in [0.717, 1.165) is 69.5 Å². The maximum absolute atomic E-state index is 6.14. The summed E-state index contributed by atoms with van der Waals surface area (Å²) < 4.78 is 13.3. The molecule has 0 spiro atoms. The third-order valence-electron chi connectivity index (χ3n) is 5.92. The van der Waals surface area contributed by atoms with E-state index in [1.54, 1.807) is 7.11 Å². The Morgan fingerprint density at radius 3 is 2.97 bits per heavy atom. The normalized spacial score (nSPS) is 23.9. The SMILES string of the molecule is CCNC(=NCC1CCCOC1c1ccccc1)NC1CCc2nc(COC)nn2C1. The van der Waals surface area contributed by atoms with Gasteiger partial charge in [-0.3, -0.25) is 4.99 Å². The summed E-state index contributed by atoms with van der Waals surface area (Å²) in [5.41, 5.74) is 1.25. The Hall–Kier alpha value is -2.45. The fraction of sp³-hybridized carbons (Fsp3) is 0.609. The van der Waals surface area contributed by atoms with Crippen LogP contribution in [0.15, 0.2) is 35.3 Å². The molecular formula is C23H34N6O2. The lowest BCUT2D eigenvalue weighted by molar-refractivity contribution is -0.0250. The molecule has 0 saturated carbocycles. The first-order chi connectivity index (χ1) is 15.3. The van der Waals surface area contributed by atoms with E-state index < -0.39 is 0 Å². The molecule has 4 rings (SSSR count). The van der Waals surface area contributed by atoms with Crippen molar-refractivity contribution in [3.05, 3.63) is 47.5 Å². The molecule has 0 bridgehead atoms. The minimum Gasteiger partial charge on any atom is -0.377 e. The number of aryl methyl sites for hydroxylation is 1. The Balaban J connectivity index is 1.39. The van der Waals surface area contributed by atoms with E-state index in [-0.39, 0.29) is 12.1 Å². The Morgan fingerprint density at radius 2 is 2.16 bits per heavy atom. The van der Waals surface area contributed by atoms with Crippen molar-refractivity contribution in [1.82, 2.24) is 25.4 Å². The van der Waals surface area contributed by atoms with E-state index >= 15 is 0 Å². The molecule has 31 heavy (non-hydrogen) atoms. The molecule has 1 fully saturated rings. The van der Waals surface area contributed by atoms with Gasteiger partial charge in [-0.15, -0.1) is 0 Å². The summed E-state index contributed by atoms with van der Waals surface area (Å²) in [5, 5.41) is 11.6. The zero-order chi connectivity index (χ0) is 21.5. The second kappa shape index (κ2) is 10.7. The Bertz CT molecular complexity index is 853. The highest BCUT2D eigenvalue weighted by Crippen LogP contribution is 2.33. The number of methoxy groups -OCH3 is 1. The van der Waals surface area contributed by atoms with Crippen molar-refractivity contribution in [3.8, 4) is 0 Å². The minimum absolute atomic E-state index is 0.119. The van der Waals surface area contributed by atoms with Gasteiger partial charge in [0.15, 0.2) is 11.8 Å². The fourth-order valence-electron chi connectivity index (χ4n) is 4.43. The molecule has 0 aliphatic carbocycles. The van der Waals surface area contributed by atoms with Crippen molar-refractivity contribution in [3.63, 3.8) is 0 Å². The first-order valence-corrected chi connectivity index (χ1v) is 11.4. The van der Waals surface area contributed by atoms with Gasteiger partial charge < -0.3 is 20.1 Å². The number of aromatic nitrogens is 3. The Kier molecular flexibility index (Phi) is 7.53. The van der Waals surface area contributed by atoms with Crippen molar-refractivity contribution in [2.24, 2.45) is 10.9 Å². The highest BCUT2D eigenvalue weighted by molar-refractivity contribution is 5.80. The van der Waals surface area contributed by atoms with Crippen LogP contribution in [0.3, 0.4) is 0 Å². The van der Waals surface area contributed by atoms with E-state index in [4.69, 9.17) is 14.5 Å². The molecule has 8 heteroatoms. The maximum atomic E-state index is 6.14. The van der Waals surface area contributed by atoms with Crippen LogP contribution in [0.5, 0.6) is 0 Å². The fourth-order valence-corrected chi connectivity index (χ4v) is 4.43. The van der Waals surface area contributed by atoms with E-state index in [9.17, 15) is 0 Å². The van der Waals surface area contributed by atoms with Gasteiger partial charge in [0.05, 0.1) is 12.6 Å². The number of fused-ring (bicyclic) bond motifs is 1. The van der Waals surface area contributed by atoms with Gasteiger partial charge in [0.25, 0.3) is 0 Å². The van der Waals surface area contributed by atoms with Crippen molar-refractivity contribution >= 4 is 5.96 Å². The third kappa shape index (κ3) is 5.62. The molecule has 2 aromatic rings. The predicted octanol–water partition coefficient (Wildman–Crippen LogP) is 2.46. The smallest absolute Gasteiger partial charge is 0.191 e. The molecule has 2 N–H and O–H groups in total. The van der Waals surface area contributed by atoms with Gasteiger partial charge in [-0.25, -0.2) is 9.67 Å². The average molecular weight is 427 g/mol. The van der Waals surface area contributed by atoms with Crippen molar-refractivity contribution in [2.75, 3.05) is 26.8 Å². The first-order valence-electron chi connectivity index (χ1n) is 11.4. The van der Waals surface area contributed by atoms with Gasteiger partial charge in [-0.05, 0) is 31.7 Å². The topological polar surface area (TPSA) is 85.6 Å². The van der Waals surface area contributed by atoms with Crippen molar-refractivity contribution < 1.29 is 9.47 Å². The monoisotopic (exact) mass is 426 g/mol. The van der Waals surface area contributed by atoms with Gasteiger partial charge in [0, 0.05) is 45.2 Å².